The van der Waals surface area contributed by atoms with Gasteiger partial charge in [0.05, 0.1) is 0 Å². The van der Waals surface area contributed by atoms with Gasteiger partial charge in [-0.3, -0.25) is 9.59 Å². The Bertz CT molecular complexity index is 442. The van der Waals surface area contributed by atoms with E-state index in [2.05, 4.69) is 52.2 Å². The predicted octanol–water partition coefficient (Wildman–Crippen LogP) is 7.55. The SMILES string of the molecule is CCCCCCCCC(=O)NCC(C)(C)CCC(C)(C)CNC(=O)CCCCCCCC. The number of rotatable bonds is 21. The first-order valence-corrected chi connectivity index (χ1v) is 13.7. The predicted molar refractivity (Wildman–Crippen MR) is 139 cm³/mol. The Labute approximate surface area is 200 Å². The highest BCUT2D eigenvalue weighted by molar-refractivity contribution is 5.76. The van der Waals surface area contributed by atoms with Gasteiger partial charge in [0.2, 0.25) is 11.8 Å². The molecule has 4 nitrogen and oxygen atoms in total. The van der Waals surface area contributed by atoms with Crippen molar-refractivity contribution in [1.82, 2.24) is 10.6 Å². The summed E-state index contributed by atoms with van der Waals surface area (Å²) in [6, 6.07) is 0. The largest absolute Gasteiger partial charge is 0.356 e. The first-order chi connectivity index (χ1) is 15.1. The molecule has 0 radical (unpaired) electrons. The lowest BCUT2D eigenvalue weighted by molar-refractivity contribution is -0.122. The van der Waals surface area contributed by atoms with Crippen LogP contribution in [0, 0.1) is 10.8 Å². The summed E-state index contributed by atoms with van der Waals surface area (Å²) in [6.07, 6.45) is 17.9. The minimum atomic E-state index is 0.0660. The molecule has 0 aliphatic carbocycles. The fraction of sp³-hybridized carbons (Fsp3) is 0.929. The molecule has 0 heterocycles. The van der Waals surface area contributed by atoms with Crippen LogP contribution in [0.15, 0.2) is 0 Å². The summed E-state index contributed by atoms with van der Waals surface area (Å²) in [5.74, 6) is 0.379. The third-order valence-electron chi connectivity index (χ3n) is 6.52. The average Bonchev–Trinajstić information content (AvgIpc) is 2.75. The molecule has 0 fully saturated rings. The summed E-state index contributed by atoms with van der Waals surface area (Å²) in [5.41, 5.74) is 0.132. The lowest BCUT2D eigenvalue weighted by atomic mass is 9.79. The highest BCUT2D eigenvalue weighted by Gasteiger charge is 2.25. The van der Waals surface area contributed by atoms with Crippen molar-refractivity contribution in [2.75, 3.05) is 13.1 Å². The van der Waals surface area contributed by atoms with Crippen molar-refractivity contribution < 1.29 is 9.59 Å². The molecule has 0 unspecified atom stereocenters. The molecule has 32 heavy (non-hydrogen) atoms. The maximum absolute atomic E-state index is 12.2. The maximum atomic E-state index is 12.2. The Morgan fingerprint density at radius 3 is 1.19 bits per heavy atom. The van der Waals surface area contributed by atoms with Gasteiger partial charge in [-0.2, -0.15) is 0 Å². The smallest absolute Gasteiger partial charge is 0.220 e. The summed E-state index contributed by atoms with van der Waals surface area (Å²) in [4.78, 5) is 24.3. The zero-order valence-electron chi connectivity index (χ0n) is 22.5. The number of amides is 2. The molecule has 0 spiro atoms. The second-order valence-electron chi connectivity index (χ2n) is 11.4. The molecule has 0 atom stereocenters. The zero-order chi connectivity index (χ0) is 24.3. The van der Waals surface area contributed by atoms with Gasteiger partial charge in [-0.25, -0.2) is 0 Å². The van der Waals surface area contributed by atoms with Gasteiger partial charge in [-0.15, -0.1) is 0 Å². The van der Waals surface area contributed by atoms with Crippen molar-refractivity contribution >= 4 is 11.8 Å². The summed E-state index contributed by atoms with van der Waals surface area (Å²) in [5, 5.41) is 6.29. The minimum absolute atomic E-state index is 0.0660. The van der Waals surface area contributed by atoms with E-state index >= 15 is 0 Å². The number of hydrogen-bond acceptors (Lipinski definition) is 2. The van der Waals surface area contributed by atoms with Crippen LogP contribution >= 0.6 is 0 Å². The van der Waals surface area contributed by atoms with Crippen LogP contribution in [-0.4, -0.2) is 24.9 Å². The second-order valence-corrected chi connectivity index (χ2v) is 11.4. The first kappa shape index (κ1) is 30.9. The van der Waals surface area contributed by atoms with Crippen LogP contribution in [-0.2, 0) is 9.59 Å². The molecular weight excluding hydrogens is 396 g/mol. The lowest BCUT2D eigenvalue weighted by Crippen LogP contribution is -2.37. The van der Waals surface area contributed by atoms with E-state index in [1.54, 1.807) is 0 Å². The summed E-state index contributed by atoms with van der Waals surface area (Å²) >= 11 is 0. The molecule has 2 N–H and O–H groups in total. The van der Waals surface area contributed by atoms with Crippen molar-refractivity contribution in [3.8, 4) is 0 Å². The van der Waals surface area contributed by atoms with Gasteiger partial charge < -0.3 is 10.6 Å². The van der Waals surface area contributed by atoms with Crippen molar-refractivity contribution in [2.45, 2.75) is 144 Å². The molecule has 0 bridgehead atoms. The van der Waals surface area contributed by atoms with Crippen LogP contribution < -0.4 is 10.6 Å². The van der Waals surface area contributed by atoms with Crippen LogP contribution in [0.25, 0.3) is 0 Å². The quantitative estimate of drug-likeness (QED) is 0.177. The number of hydrogen-bond donors (Lipinski definition) is 2. The Hall–Kier alpha value is -1.06. The van der Waals surface area contributed by atoms with E-state index in [1.807, 2.05) is 0 Å². The zero-order valence-corrected chi connectivity index (χ0v) is 22.5. The molecular formula is C28H56N2O2. The molecule has 0 aromatic rings. The van der Waals surface area contributed by atoms with E-state index < -0.39 is 0 Å². The summed E-state index contributed by atoms with van der Waals surface area (Å²) in [6.45, 7) is 14.8. The number of unbranched alkanes of at least 4 members (excludes halogenated alkanes) is 10. The van der Waals surface area contributed by atoms with E-state index in [0.29, 0.717) is 12.8 Å². The van der Waals surface area contributed by atoms with Crippen molar-refractivity contribution in [2.24, 2.45) is 10.8 Å². The number of nitrogens with one attached hydrogen (secondary N) is 2. The molecule has 2 amide bonds. The Morgan fingerprint density at radius 2 is 0.844 bits per heavy atom. The van der Waals surface area contributed by atoms with Crippen LogP contribution in [0.4, 0.5) is 0 Å². The lowest BCUT2D eigenvalue weighted by Gasteiger charge is -2.31. The van der Waals surface area contributed by atoms with Crippen molar-refractivity contribution in [3.05, 3.63) is 0 Å². The van der Waals surface area contributed by atoms with E-state index in [4.69, 9.17) is 0 Å². The van der Waals surface area contributed by atoms with Crippen molar-refractivity contribution in [3.63, 3.8) is 0 Å². The van der Waals surface area contributed by atoms with Gasteiger partial charge in [-0.05, 0) is 36.5 Å². The first-order valence-electron chi connectivity index (χ1n) is 13.7. The molecule has 0 aliphatic heterocycles. The molecule has 4 heteroatoms. The highest BCUT2D eigenvalue weighted by Crippen LogP contribution is 2.30. The molecule has 0 rings (SSSR count). The van der Waals surface area contributed by atoms with Gasteiger partial charge >= 0.3 is 0 Å². The number of carbonyl (C=O) groups excluding carboxylic acids is 2. The number of carbonyl (C=O) groups is 2. The minimum Gasteiger partial charge on any atom is -0.356 e. The Morgan fingerprint density at radius 1 is 0.531 bits per heavy atom. The molecule has 0 aromatic heterocycles. The molecule has 0 aliphatic rings. The van der Waals surface area contributed by atoms with E-state index in [9.17, 15) is 9.59 Å². The second kappa shape index (κ2) is 18.4. The third kappa shape index (κ3) is 19.6. The van der Waals surface area contributed by atoms with Crippen LogP contribution in [0.3, 0.4) is 0 Å². The normalized spacial score (nSPS) is 12.1. The highest BCUT2D eigenvalue weighted by atomic mass is 16.2. The Balaban J connectivity index is 3.97. The van der Waals surface area contributed by atoms with E-state index in [1.165, 1.54) is 51.4 Å². The van der Waals surface area contributed by atoms with Gasteiger partial charge in [-0.1, -0.05) is 106 Å². The summed E-state index contributed by atoms with van der Waals surface area (Å²) in [7, 11) is 0. The maximum Gasteiger partial charge on any atom is 0.220 e. The fourth-order valence-corrected chi connectivity index (χ4v) is 3.84. The van der Waals surface area contributed by atoms with Crippen LogP contribution in [0.5, 0.6) is 0 Å². The van der Waals surface area contributed by atoms with E-state index in [-0.39, 0.29) is 22.6 Å². The molecule has 0 saturated heterocycles. The van der Waals surface area contributed by atoms with Gasteiger partial charge in [0.1, 0.15) is 0 Å². The summed E-state index contributed by atoms with van der Waals surface area (Å²) < 4.78 is 0. The standard InChI is InChI=1S/C28H56N2O2/c1-7-9-11-13-15-17-19-25(31)29-23-27(3,4)21-22-28(5,6)24-30-26(32)20-18-16-14-12-10-8-2/h7-24H2,1-6H3,(H,29,31)(H,30,32). The van der Waals surface area contributed by atoms with Gasteiger partial charge in [0.25, 0.3) is 0 Å². The topological polar surface area (TPSA) is 58.2 Å². The van der Waals surface area contributed by atoms with Crippen LogP contribution in [0.1, 0.15) is 144 Å². The molecule has 190 valence electrons. The Kier molecular flexibility index (Phi) is 17.8. The average molecular weight is 453 g/mol. The van der Waals surface area contributed by atoms with Crippen LogP contribution in [0.2, 0.25) is 0 Å². The monoisotopic (exact) mass is 452 g/mol. The van der Waals surface area contributed by atoms with Gasteiger partial charge in [0.15, 0.2) is 0 Å². The van der Waals surface area contributed by atoms with Crippen molar-refractivity contribution in [1.29, 1.82) is 0 Å². The molecule has 0 saturated carbocycles. The van der Waals surface area contributed by atoms with E-state index in [0.717, 1.165) is 51.6 Å². The fourth-order valence-electron chi connectivity index (χ4n) is 3.84. The third-order valence-corrected chi connectivity index (χ3v) is 6.52. The molecule has 0 aromatic carbocycles. The van der Waals surface area contributed by atoms with Gasteiger partial charge in [0, 0.05) is 25.9 Å².